The molecule has 0 aliphatic rings. The molecule has 0 amide bonds. The van der Waals surface area contributed by atoms with Gasteiger partial charge in [0.1, 0.15) is 0 Å². The third-order valence-corrected chi connectivity index (χ3v) is 0.224. The molecule has 0 atom stereocenters. The Morgan fingerprint density at radius 2 is 0.469 bits per heavy atom. The van der Waals surface area contributed by atoms with Crippen molar-refractivity contribution in [2.75, 3.05) is 7.05 Å². The Balaban J connectivity index is -0.000000000536. The second-order valence-corrected chi connectivity index (χ2v) is 1.39. The van der Waals surface area contributed by atoms with E-state index in [1.54, 1.807) is 27.8 Å². The summed E-state index contributed by atoms with van der Waals surface area (Å²) < 4.78 is 0. The monoisotopic (exact) mass is 2100 g/mol. The summed E-state index contributed by atoms with van der Waals surface area (Å²) in [6, 6.07) is 0. The molecule has 0 heterocycles. The van der Waals surface area contributed by atoms with Crippen molar-refractivity contribution in [2.24, 2.45) is 4.99 Å². The summed E-state index contributed by atoms with van der Waals surface area (Å²) in [4.78, 5) is 3.49. The molecule has 0 saturated carbocycles. The minimum Gasteiger partial charge on any atom is -0.812 e. The van der Waals surface area contributed by atoms with Crippen LogP contribution in [0.15, 0.2) is 4.99 Å². The van der Waals surface area contributed by atoms with E-state index in [0.717, 1.165) is 0 Å². The van der Waals surface area contributed by atoms with Crippen molar-refractivity contribution >= 4 is 11.9 Å². The largest absolute Gasteiger partial charge is 0.812 e. The zero-order valence-electron chi connectivity index (χ0n) is 20.6. The van der Waals surface area contributed by atoms with Gasteiger partial charge in [-0.05, 0) is 7.05 Å². The van der Waals surface area contributed by atoms with Crippen LogP contribution in [-0.2, 0) is 720 Å². The fraction of sp³-hybridized carbons (Fsp3) is 0.500. The van der Waals surface area contributed by atoms with Gasteiger partial charge in [-0.15, -0.1) is 0 Å². The first-order chi connectivity index (χ1) is 3.65. The van der Waals surface area contributed by atoms with Crippen molar-refractivity contribution < 1.29 is 720 Å². The van der Waals surface area contributed by atoms with Gasteiger partial charge in [0.25, 0.3) is 0 Å². The molecule has 0 rings (SSSR count). The molecule has 0 aromatic rings. The predicted molar refractivity (Wildman–Crippen MR) is 51.6 cm³/mol. The van der Waals surface area contributed by atoms with Crippen molar-refractivity contribution in [3.63, 3.8) is 0 Å². The van der Waals surface area contributed by atoms with Gasteiger partial charge >= 0.3 is 0 Å². The maximum absolute atomic E-state index is 7.97. The van der Waals surface area contributed by atoms with Crippen LogP contribution in [-0.4, -0.2) is 19.0 Å². The van der Waals surface area contributed by atoms with Crippen LogP contribution in [0.25, 0.3) is 5.41 Å². The van der Waals surface area contributed by atoms with E-state index in [0.29, 0.717) is 5.71 Å². The summed E-state index contributed by atoms with van der Waals surface area (Å²) in [6.07, 6.45) is 2.56. The van der Waals surface area contributed by atoms with E-state index in [4.69, 9.17) is 5.41 Å². The zero-order chi connectivity index (χ0) is 6.99. The van der Waals surface area contributed by atoms with E-state index >= 15 is 0 Å². The second-order valence-electron chi connectivity index (χ2n) is 1.39. The molecule has 32 heavy (non-hydrogen) atoms. The molecular formula is C8H18N2Y22-4. The average molecular weight is 2100 g/mol. The van der Waals surface area contributed by atoms with Crippen molar-refractivity contribution in [1.82, 2.24) is 0 Å². The van der Waals surface area contributed by atoms with Gasteiger partial charge in [-0.3, -0.25) is 0 Å². The fourth-order valence-electron chi connectivity index (χ4n) is 0. The van der Waals surface area contributed by atoms with Gasteiger partial charge in [0.05, 0.1) is 0 Å². The van der Waals surface area contributed by atoms with Crippen LogP contribution < -0.4 is 0 Å². The average Bonchev–Trinajstić information content (AvgIpc) is 1.65. The summed E-state index contributed by atoms with van der Waals surface area (Å²) in [6.45, 7) is 5.04. The number of nitrogens with zero attached hydrogens (tertiary/aromatic N) is 2. The Morgan fingerprint density at radius 3 is 0.469 bits per heavy atom. The smallest absolute Gasteiger partial charge is 0 e. The first-order valence-electron chi connectivity index (χ1n) is 2.39. The molecule has 0 saturated heterocycles. The summed E-state index contributed by atoms with van der Waals surface area (Å²) in [7, 11) is 1.69. The minimum atomic E-state index is 0. The van der Waals surface area contributed by atoms with E-state index in [2.05, 4.69) is 11.2 Å². The first kappa shape index (κ1) is 189. The summed E-state index contributed by atoms with van der Waals surface area (Å²) in [5.41, 5.74) is 0.417. The second kappa shape index (κ2) is 192. The maximum Gasteiger partial charge on any atom is 0 e. The molecule has 0 aliphatic carbocycles. The molecule has 24 heteroatoms. The molecule has 22 radical (unpaired) electrons. The van der Waals surface area contributed by atoms with Crippen molar-refractivity contribution in [3.8, 4) is 0 Å². The molecule has 0 aliphatic heterocycles. The van der Waals surface area contributed by atoms with Gasteiger partial charge in [0.15, 0.2) is 0 Å². The molecule has 0 unspecified atom stereocenters. The van der Waals surface area contributed by atoms with Crippen LogP contribution in [0, 0.1) is 14.9 Å². The van der Waals surface area contributed by atoms with E-state index < -0.39 is 0 Å². The van der Waals surface area contributed by atoms with E-state index in [-0.39, 0.29) is 734 Å². The third kappa shape index (κ3) is 245. The Morgan fingerprint density at radius 1 is 0.438 bits per heavy atom. The van der Waals surface area contributed by atoms with Crippen LogP contribution in [0.4, 0.5) is 0 Å². The number of hydrogen-bond donors (Lipinski definition) is 0. The predicted octanol–water partition coefficient (Wildman–Crippen LogP) is 2.47. The number of hydrogen-bond acceptors (Lipinski definition) is 1. The summed E-state index contributed by atoms with van der Waals surface area (Å²) in [5, 5.41) is 7.97. The topological polar surface area (TPSA) is 34.7 Å². The van der Waals surface area contributed by atoms with Gasteiger partial charge in [0.2, 0.25) is 0 Å². The van der Waals surface area contributed by atoms with Crippen LogP contribution in [0.5, 0.6) is 0 Å². The van der Waals surface area contributed by atoms with Gasteiger partial charge in [-0.25, -0.2) is 5.71 Å². The van der Waals surface area contributed by atoms with E-state index in [9.17, 15) is 0 Å². The van der Waals surface area contributed by atoms with Crippen LogP contribution in [0.3, 0.4) is 0 Å². The normalized spacial score (nSPS) is 2.00. The Bertz CT molecular complexity index is 96.0. The van der Waals surface area contributed by atoms with Crippen LogP contribution >= 0.6 is 0 Å². The molecule has 0 spiro atoms. The minimum absolute atomic E-state index is 0. The Hall–Kier alpha value is 23.6. The van der Waals surface area contributed by atoms with Crippen molar-refractivity contribution in [3.05, 3.63) is 20.3 Å². The summed E-state index contributed by atoms with van der Waals surface area (Å²) in [5.74, 6) is 0. The molecule has 2 nitrogen and oxygen atoms in total. The van der Waals surface area contributed by atoms with Crippen molar-refractivity contribution in [1.29, 1.82) is 0 Å². The first-order valence-corrected chi connectivity index (χ1v) is 2.39. The van der Waals surface area contributed by atoms with Gasteiger partial charge in [0, 0.05) is 720 Å². The quantitative estimate of drug-likeness (QED) is 0.265. The molecule has 0 aromatic carbocycles. The SMILES string of the molecule is CC(C)=[N-].C[C-]=NC.[CH3-].[CH3-].[Y].[Y].[Y].[Y].[Y].[Y].[Y].[Y].[Y].[Y].[Y].[Y].[Y].[Y].[Y].[Y].[Y].[Y].[Y].[Y].[Y].[Y]. The Kier molecular flexibility index (Phi) is 1130. The molecule has 0 N–H and O–H groups in total. The molecule has 130 valence electrons. The van der Waals surface area contributed by atoms with Crippen LogP contribution in [0.2, 0.25) is 0 Å². The third-order valence-electron chi connectivity index (χ3n) is 0.224. The number of aliphatic imine (C=N–C) groups is 1. The van der Waals surface area contributed by atoms with Gasteiger partial charge in [-0.1, -0.05) is 13.8 Å². The number of rotatable bonds is 0. The van der Waals surface area contributed by atoms with E-state index in [1.807, 2.05) is 0 Å². The van der Waals surface area contributed by atoms with Gasteiger partial charge in [-0.2, -0.15) is 6.92 Å². The Labute approximate surface area is 756 Å². The summed E-state index contributed by atoms with van der Waals surface area (Å²) >= 11 is 0. The van der Waals surface area contributed by atoms with Gasteiger partial charge < -0.3 is 31.5 Å². The zero-order valence-corrected chi connectivity index (χ0v) is 83.0. The molecule has 0 fully saturated rings. The van der Waals surface area contributed by atoms with Crippen molar-refractivity contribution in [2.45, 2.75) is 20.8 Å². The fourth-order valence-corrected chi connectivity index (χ4v) is 0. The standard InChI is InChI=1S/2C3H6N.2CH3.22Y/c1-3-4-2;1-3(2)4;;;;;;;;;;;;;;;;;;;;;;;;/h2*1-2H3;2*1H3;;;;;;;;;;;;;;;;;;;;;;/q4*-1;;;;;;;;;;;;;;;;;;;;;;. The van der Waals surface area contributed by atoms with Crippen LogP contribution in [0.1, 0.15) is 20.8 Å². The molecule has 0 aromatic heterocycles. The molecular weight excluding hydrogens is 2080 g/mol. The maximum atomic E-state index is 7.97. The van der Waals surface area contributed by atoms with E-state index in [1.165, 1.54) is 0 Å². The molecule has 0 bridgehead atoms.